The van der Waals surface area contributed by atoms with E-state index in [0.29, 0.717) is 17.1 Å². The van der Waals surface area contributed by atoms with Gasteiger partial charge in [0.2, 0.25) is 5.91 Å². The van der Waals surface area contributed by atoms with Crippen molar-refractivity contribution in [2.45, 2.75) is 19.4 Å². The molecule has 2 amide bonds. The van der Waals surface area contributed by atoms with Crippen LogP contribution in [-0.4, -0.2) is 34.8 Å². The minimum Gasteiger partial charge on any atom is -0.451 e. The molecule has 1 aromatic carbocycles. The average molecular weight is 390 g/mol. The maximum atomic E-state index is 12.6. The number of anilines is 1. The van der Waals surface area contributed by atoms with E-state index >= 15 is 0 Å². The van der Waals surface area contributed by atoms with Crippen LogP contribution in [0, 0.1) is 6.92 Å². The SMILES string of the molecule is CSCC[C@H](NC(=O)c1cc2ccccc2o1)C(=O)Nc1nc(C)cs1. The third kappa shape index (κ3) is 4.44. The van der Waals surface area contributed by atoms with Crippen LogP contribution in [0.25, 0.3) is 11.0 Å². The number of thioether (sulfide) groups is 1. The Hall–Kier alpha value is -2.32. The molecule has 0 radical (unpaired) electrons. The normalized spacial score (nSPS) is 12.1. The van der Waals surface area contributed by atoms with Gasteiger partial charge in [-0.3, -0.25) is 9.59 Å². The molecule has 2 aromatic heterocycles. The number of para-hydroxylation sites is 1. The molecule has 0 saturated heterocycles. The van der Waals surface area contributed by atoms with Gasteiger partial charge in [0, 0.05) is 10.8 Å². The molecular formula is C18H19N3O3S2. The average Bonchev–Trinajstić information content (AvgIpc) is 3.24. The van der Waals surface area contributed by atoms with Crippen molar-refractivity contribution in [3.63, 3.8) is 0 Å². The Morgan fingerprint density at radius 3 is 2.85 bits per heavy atom. The van der Waals surface area contributed by atoms with Gasteiger partial charge in [-0.05, 0) is 37.5 Å². The topological polar surface area (TPSA) is 84.2 Å². The summed E-state index contributed by atoms with van der Waals surface area (Å²) in [7, 11) is 0. The van der Waals surface area contributed by atoms with Crippen LogP contribution < -0.4 is 10.6 Å². The smallest absolute Gasteiger partial charge is 0.287 e. The van der Waals surface area contributed by atoms with Gasteiger partial charge in [0.25, 0.3) is 5.91 Å². The van der Waals surface area contributed by atoms with Crippen molar-refractivity contribution in [1.82, 2.24) is 10.3 Å². The lowest BCUT2D eigenvalue weighted by Crippen LogP contribution is -2.44. The van der Waals surface area contributed by atoms with Crippen molar-refractivity contribution >= 4 is 51.0 Å². The second kappa shape index (κ2) is 8.37. The number of nitrogens with zero attached hydrogens (tertiary/aromatic N) is 1. The zero-order chi connectivity index (χ0) is 18.5. The number of hydrogen-bond donors (Lipinski definition) is 2. The first-order chi connectivity index (χ1) is 12.6. The summed E-state index contributed by atoms with van der Waals surface area (Å²) in [5.74, 6) is 0.254. The highest BCUT2D eigenvalue weighted by Crippen LogP contribution is 2.19. The lowest BCUT2D eigenvalue weighted by atomic mass is 10.2. The lowest BCUT2D eigenvalue weighted by molar-refractivity contribution is -0.118. The summed E-state index contributed by atoms with van der Waals surface area (Å²) in [5, 5.41) is 8.78. The summed E-state index contributed by atoms with van der Waals surface area (Å²) in [5.41, 5.74) is 1.48. The van der Waals surface area contributed by atoms with Crippen LogP contribution >= 0.6 is 23.1 Å². The Morgan fingerprint density at radius 1 is 1.35 bits per heavy atom. The predicted octanol–water partition coefficient (Wildman–Crippen LogP) is 3.69. The summed E-state index contributed by atoms with van der Waals surface area (Å²) in [6, 6.07) is 8.42. The molecule has 0 aliphatic rings. The number of carbonyl (C=O) groups is 2. The number of aryl methyl sites for hydroxylation is 1. The van der Waals surface area contributed by atoms with Crippen molar-refractivity contribution in [2.24, 2.45) is 0 Å². The fraction of sp³-hybridized carbons (Fsp3) is 0.278. The Morgan fingerprint density at radius 2 is 2.15 bits per heavy atom. The highest BCUT2D eigenvalue weighted by molar-refractivity contribution is 7.98. The number of amides is 2. The van der Waals surface area contributed by atoms with Crippen molar-refractivity contribution in [2.75, 3.05) is 17.3 Å². The molecule has 3 aromatic rings. The first-order valence-corrected chi connectivity index (χ1v) is 10.4. The zero-order valence-corrected chi connectivity index (χ0v) is 16.1. The number of aromatic nitrogens is 1. The number of furan rings is 1. The van der Waals surface area contributed by atoms with Gasteiger partial charge in [0.05, 0.1) is 5.69 Å². The molecule has 1 atom stereocenters. The maximum absolute atomic E-state index is 12.6. The number of hydrogen-bond acceptors (Lipinski definition) is 6. The van der Waals surface area contributed by atoms with E-state index in [9.17, 15) is 9.59 Å². The summed E-state index contributed by atoms with van der Waals surface area (Å²) < 4.78 is 5.58. The second-order valence-corrected chi connectivity index (χ2v) is 7.58. The highest BCUT2D eigenvalue weighted by atomic mass is 32.2. The molecule has 6 nitrogen and oxygen atoms in total. The van der Waals surface area contributed by atoms with Crippen molar-refractivity contribution in [1.29, 1.82) is 0 Å². The molecule has 0 fully saturated rings. The lowest BCUT2D eigenvalue weighted by Gasteiger charge is -2.16. The number of fused-ring (bicyclic) bond motifs is 1. The largest absolute Gasteiger partial charge is 0.451 e. The molecule has 0 bridgehead atoms. The van der Waals surface area contributed by atoms with Crippen LogP contribution in [0.3, 0.4) is 0 Å². The third-order valence-corrected chi connectivity index (χ3v) is 5.25. The van der Waals surface area contributed by atoms with E-state index < -0.39 is 11.9 Å². The Kier molecular flexibility index (Phi) is 5.95. The molecule has 0 unspecified atom stereocenters. The van der Waals surface area contributed by atoms with Gasteiger partial charge < -0.3 is 15.1 Å². The van der Waals surface area contributed by atoms with E-state index in [1.54, 1.807) is 23.9 Å². The van der Waals surface area contributed by atoms with Crippen molar-refractivity contribution in [3.8, 4) is 0 Å². The standard InChI is InChI=1S/C18H19N3O3S2/c1-11-10-26-18(19-11)21-16(22)13(7-8-25-2)20-17(23)15-9-12-5-3-4-6-14(12)24-15/h3-6,9-10,13H,7-8H2,1-2H3,(H,20,23)(H,19,21,22)/t13-/m0/s1. The molecule has 8 heteroatoms. The first kappa shape index (κ1) is 18.5. The van der Waals surface area contributed by atoms with Gasteiger partial charge in [-0.15, -0.1) is 11.3 Å². The first-order valence-electron chi connectivity index (χ1n) is 8.08. The van der Waals surface area contributed by atoms with Gasteiger partial charge in [-0.2, -0.15) is 11.8 Å². The Bertz CT molecular complexity index is 886. The van der Waals surface area contributed by atoms with E-state index in [4.69, 9.17) is 4.42 Å². The highest BCUT2D eigenvalue weighted by Gasteiger charge is 2.23. The number of carbonyl (C=O) groups excluding carboxylic acids is 2. The van der Waals surface area contributed by atoms with Crippen LogP contribution in [0.15, 0.2) is 40.1 Å². The molecule has 0 aliphatic heterocycles. The van der Waals surface area contributed by atoms with E-state index in [1.165, 1.54) is 11.3 Å². The third-order valence-electron chi connectivity index (χ3n) is 3.73. The van der Waals surface area contributed by atoms with Crippen molar-refractivity contribution < 1.29 is 14.0 Å². The Labute approximate surface area is 159 Å². The fourth-order valence-electron chi connectivity index (χ4n) is 2.43. The van der Waals surface area contributed by atoms with Crippen molar-refractivity contribution in [3.05, 3.63) is 47.2 Å². The number of benzene rings is 1. The molecule has 2 N–H and O–H groups in total. The molecule has 0 aliphatic carbocycles. The van der Waals surface area contributed by atoms with Crippen LogP contribution in [0.4, 0.5) is 5.13 Å². The van der Waals surface area contributed by atoms with E-state index in [-0.39, 0.29) is 11.7 Å². The molecule has 0 spiro atoms. The van der Waals surface area contributed by atoms with Gasteiger partial charge >= 0.3 is 0 Å². The predicted molar refractivity (Wildman–Crippen MR) is 106 cm³/mol. The minimum atomic E-state index is -0.660. The van der Waals surface area contributed by atoms with E-state index in [0.717, 1.165) is 16.8 Å². The number of thiazole rings is 1. The van der Waals surface area contributed by atoms with Crippen LogP contribution in [0.1, 0.15) is 22.7 Å². The Balaban J connectivity index is 1.72. The monoisotopic (exact) mass is 389 g/mol. The number of nitrogens with one attached hydrogen (secondary N) is 2. The fourth-order valence-corrected chi connectivity index (χ4v) is 3.59. The van der Waals surface area contributed by atoms with Crippen LogP contribution in [0.2, 0.25) is 0 Å². The second-order valence-electron chi connectivity index (χ2n) is 5.74. The van der Waals surface area contributed by atoms with Gasteiger partial charge in [0.15, 0.2) is 10.9 Å². The van der Waals surface area contributed by atoms with Gasteiger partial charge in [-0.25, -0.2) is 4.98 Å². The quantitative estimate of drug-likeness (QED) is 0.644. The van der Waals surface area contributed by atoms with E-state index in [1.807, 2.05) is 36.8 Å². The molecule has 0 saturated carbocycles. The molecule has 26 heavy (non-hydrogen) atoms. The molecule has 136 valence electrons. The summed E-state index contributed by atoms with van der Waals surface area (Å²) in [4.78, 5) is 29.3. The maximum Gasteiger partial charge on any atom is 0.287 e. The van der Waals surface area contributed by atoms with Crippen LogP contribution in [-0.2, 0) is 4.79 Å². The van der Waals surface area contributed by atoms with Gasteiger partial charge in [-0.1, -0.05) is 18.2 Å². The molecule has 2 heterocycles. The summed E-state index contributed by atoms with van der Waals surface area (Å²) in [6.45, 7) is 1.86. The molecular weight excluding hydrogens is 370 g/mol. The van der Waals surface area contributed by atoms with Crippen LogP contribution in [0.5, 0.6) is 0 Å². The molecule has 3 rings (SSSR count). The zero-order valence-electron chi connectivity index (χ0n) is 14.4. The minimum absolute atomic E-state index is 0.193. The number of rotatable bonds is 7. The summed E-state index contributed by atoms with van der Waals surface area (Å²) >= 11 is 2.97. The van der Waals surface area contributed by atoms with E-state index in [2.05, 4.69) is 15.6 Å². The van der Waals surface area contributed by atoms with Gasteiger partial charge in [0.1, 0.15) is 11.6 Å². The summed E-state index contributed by atoms with van der Waals surface area (Å²) in [6.07, 6.45) is 2.48.